The van der Waals surface area contributed by atoms with Crippen molar-refractivity contribution in [2.45, 2.75) is 45.1 Å². The van der Waals surface area contributed by atoms with Crippen LogP contribution in [-0.4, -0.2) is 16.6 Å². The van der Waals surface area contributed by atoms with Crippen molar-refractivity contribution < 1.29 is 9.90 Å². The topological polar surface area (TPSA) is 63.3 Å². The number of hydrogen-bond donors (Lipinski definition) is 2. The van der Waals surface area contributed by atoms with E-state index in [-0.39, 0.29) is 5.91 Å². The lowest BCUT2D eigenvalue weighted by molar-refractivity contribution is -0.142. The first-order valence-electron chi connectivity index (χ1n) is 4.42. The van der Waals surface area contributed by atoms with Crippen LogP contribution >= 0.6 is 0 Å². The zero-order valence-corrected chi connectivity index (χ0v) is 7.76. The highest BCUT2D eigenvalue weighted by atomic mass is 16.3. The Morgan fingerprint density at radius 1 is 1.42 bits per heavy atom. The molecule has 0 aromatic rings. The summed E-state index contributed by atoms with van der Waals surface area (Å²) in [6.07, 6.45) is 3.44. The number of rotatable bonds is 2. The minimum atomic E-state index is -0.977. The molecule has 0 spiro atoms. The van der Waals surface area contributed by atoms with Crippen LogP contribution in [0.3, 0.4) is 0 Å². The van der Waals surface area contributed by atoms with Gasteiger partial charge in [0.25, 0.3) is 0 Å². The molecule has 12 heavy (non-hydrogen) atoms. The molecule has 0 atom stereocenters. The summed E-state index contributed by atoms with van der Waals surface area (Å²) in [5, 5.41) is 9.84. The van der Waals surface area contributed by atoms with E-state index < -0.39 is 11.0 Å². The Labute approximate surface area is 72.9 Å². The molecule has 1 aliphatic rings. The summed E-state index contributed by atoms with van der Waals surface area (Å²) in [6, 6.07) is 0. The molecule has 3 nitrogen and oxygen atoms in total. The van der Waals surface area contributed by atoms with E-state index in [9.17, 15) is 9.90 Å². The molecule has 1 fully saturated rings. The van der Waals surface area contributed by atoms with Gasteiger partial charge in [0, 0.05) is 0 Å². The Morgan fingerprint density at radius 3 is 2.00 bits per heavy atom. The fourth-order valence-electron chi connectivity index (χ4n) is 2.14. The van der Waals surface area contributed by atoms with Gasteiger partial charge >= 0.3 is 0 Å². The van der Waals surface area contributed by atoms with Crippen LogP contribution in [0.1, 0.15) is 39.5 Å². The average Bonchev–Trinajstić information content (AvgIpc) is 2.31. The van der Waals surface area contributed by atoms with Gasteiger partial charge in [0.2, 0.25) is 5.91 Å². The number of carbonyl (C=O) groups is 1. The molecule has 0 radical (unpaired) electrons. The number of primary amides is 1. The number of nitrogens with two attached hydrogens (primary N) is 1. The number of hydrogen-bond acceptors (Lipinski definition) is 2. The molecule has 0 aromatic carbocycles. The predicted octanol–water partition coefficient (Wildman–Crippen LogP) is 0.803. The van der Waals surface area contributed by atoms with Crippen LogP contribution in [0.25, 0.3) is 0 Å². The van der Waals surface area contributed by atoms with Gasteiger partial charge in [0.05, 0.1) is 11.0 Å². The van der Waals surface area contributed by atoms with E-state index in [0.717, 1.165) is 25.7 Å². The van der Waals surface area contributed by atoms with Crippen molar-refractivity contribution in [2.24, 2.45) is 11.1 Å². The Morgan fingerprint density at radius 2 is 1.83 bits per heavy atom. The maximum Gasteiger partial charge on any atom is 0.226 e. The largest absolute Gasteiger partial charge is 0.389 e. The van der Waals surface area contributed by atoms with Gasteiger partial charge in [-0.25, -0.2) is 0 Å². The first-order chi connectivity index (χ1) is 5.40. The maximum absolute atomic E-state index is 11.2. The molecule has 0 bridgehead atoms. The molecular formula is C9H17NO2. The average molecular weight is 171 g/mol. The van der Waals surface area contributed by atoms with Gasteiger partial charge in [0.15, 0.2) is 0 Å². The summed E-state index contributed by atoms with van der Waals surface area (Å²) in [5.74, 6) is -0.354. The number of aliphatic hydroxyl groups is 1. The highest BCUT2D eigenvalue weighted by Gasteiger charge is 2.50. The standard InChI is InChI=1S/C9H17NO2/c1-8(2,12)9(7(10)11)5-3-4-6-9/h12H,3-6H2,1-2H3,(H2,10,11). The molecule has 70 valence electrons. The molecular weight excluding hydrogens is 154 g/mol. The van der Waals surface area contributed by atoms with Crippen LogP contribution in [0.15, 0.2) is 0 Å². The lowest BCUT2D eigenvalue weighted by Crippen LogP contribution is -2.50. The van der Waals surface area contributed by atoms with E-state index in [2.05, 4.69) is 0 Å². The molecule has 1 aliphatic carbocycles. The van der Waals surface area contributed by atoms with E-state index in [1.165, 1.54) is 0 Å². The Kier molecular flexibility index (Phi) is 2.17. The number of amides is 1. The molecule has 0 saturated heterocycles. The maximum atomic E-state index is 11.2. The lowest BCUT2D eigenvalue weighted by Gasteiger charge is -2.37. The summed E-state index contributed by atoms with van der Waals surface area (Å²) in [4.78, 5) is 11.2. The van der Waals surface area contributed by atoms with Crippen molar-refractivity contribution in [3.05, 3.63) is 0 Å². The zero-order valence-electron chi connectivity index (χ0n) is 7.76. The van der Waals surface area contributed by atoms with E-state index in [0.29, 0.717) is 0 Å². The van der Waals surface area contributed by atoms with Crippen LogP contribution < -0.4 is 5.73 Å². The molecule has 0 heterocycles. The second-order valence-electron chi connectivity index (χ2n) is 4.21. The second kappa shape index (κ2) is 2.73. The molecule has 3 heteroatoms. The normalized spacial score (nSPS) is 22.6. The third kappa shape index (κ3) is 1.22. The zero-order chi connectivity index (χ0) is 9.41. The first kappa shape index (κ1) is 9.52. The second-order valence-corrected chi connectivity index (χ2v) is 4.21. The van der Waals surface area contributed by atoms with Crippen molar-refractivity contribution >= 4 is 5.91 Å². The van der Waals surface area contributed by atoms with Crippen LogP contribution in [0, 0.1) is 5.41 Å². The molecule has 0 aliphatic heterocycles. The Hall–Kier alpha value is -0.570. The third-order valence-corrected chi connectivity index (χ3v) is 3.10. The summed E-state index contributed by atoms with van der Waals surface area (Å²) < 4.78 is 0. The van der Waals surface area contributed by atoms with Crippen LogP contribution in [0.4, 0.5) is 0 Å². The van der Waals surface area contributed by atoms with E-state index in [1.807, 2.05) is 0 Å². The van der Waals surface area contributed by atoms with Gasteiger partial charge < -0.3 is 10.8 Å². The van der Waals surface area contributed by atoms with Gasteiger partial charge in [-0.1, -0.05) is 12.8 Å². The van der Waals surface area contributed by atoms with Gasteiger partial charge in [-0.2, -0.15) is 0 Å². The van der Waals surface area contributed by atoms with E-state index in [4.69, 9.17) is 5.73 Å². The molecule has 1 rings (SSSR count). The first-order valence-corrected chi connectivity index (χ1v) is 4.42. The van der Waals surface area contributed by atoms with Crippen molar-refractivity contribution in [3.63, 3.8) is 0 Å². The van der Waals surface area contributed by atoms with E-state index in [1.54, 1.807) is 13.8 Å². The third-order valence-electron chi connectivity index (χ3n) is 3.10. The van der Waals surface area contributed by atoms with E-state index >= 15 is 0 Å². The van der Waals surface area contributed by atoms with Crippen molar-refractivity contribution in [3.8, 4) is 0 Å². The molecule has 1 saturated carbocycles. The molecule has 3 N–H and O–H groups in total. The Balaban J connectivity index is 2.94. The minimum Gasteiger partial charge on any atom is -0.389 e. The Bertz CT molecular complexity index is 187. The summed E-state index contributed by atoms with van der Waals surface area (Å²) >= 11 is 0. The van der Waals surface area contributed by atoms with Gasteiger partial charge in [0.1, 0.15) is 0 Å². The molecule has 0 aromatic heterocycles. The number of carbonyl (C=O) groups excluding carboxylic acids is 1. The van der Waals surface area contributed by atoms with Crippen LogP contribution in [-0.2, 0) is 4.79 Å². The van der Waals surface area contributed by atoms with Crippen molar-refractivity contribution in [1.82, 2.24) is 0 Å². The smallest absolute Gasteiger partial charge is 0.226 e. The van der Waals surface area contributed by atoms with Gasteiger partial charge in [-0.15, -0.1) is 0 Å². The van der Waals surface area contributed by atoms with Gasteiger partial charge in [-0.05, 0) is 26.7 Å². The minimum absolute atomic E-state index is 0.354. The predicted molar refractivity (Wildman–Crippen MR) is 46.4 cm³/mol. The van der Waals surface area contributed by atoms with Crippen LogP contribution in [0.2, 0.25) is 0 Å². The van der Waals surface area contributed by atoms with Crippen LogP contribution in [0.5, 0.6) is 0 Å². The molecule has 1 amide bonds. The quantitative estimate of drug-likeness (QED) is 0.645. The summed E-state index contributed by atoms with van der Waals surface area (Å²) in [5.41, 5.74) is 3.67. The monoisotopic (exact) mass is 171 g/mol. The van der Waals surface area contributed by atoms with Crippen molar-refractivity contribution in [2.75, 3.05) is 0 Å². The summed E-state index contributed by atoms with van der Waals surface area (Å²) in [7, 11) is 0. The SMILES string of the molecule is CC(C)(O)C1(C(N)=O)CCCC1. The highest BCUT2D eigenvalue weighted by molar-refractivity contribution is 5.82. The fourth-order valence-corrected chi connectivity index (χ4v) is 2.14. The van der Waals surface area contributed by atoms with Crippen molar-refractivity contribution in [1.29, 1.82) is 0 Å². The summed E-state index contributed by atoms with van der Waals surface area (Å²) in [6.45, 7) is 3.34. The van der Waals surface area contributed by atoms with Gasteiger partial charge in [-0.3, -0.25) is 4.79 Å². The fraction of sp³-hybridized carbons (Fsp3) is 0.889. The lowest BCUT2D eigenvalue weighted by atomic mass is 9.72. The highest BCUT2D eigenvalue weighted by Crippen LogP contribution is 2.45. The molecule has 0 unspecified atom stereocenters.